The normalized spacial score (nSPS) is 14.9. The largest absolute Gasteiger partial charge is 0.359 e. The number of nitrogens with zero attached hydrogens (tertiary/aromatic N) is 4. The van der Waals surface area contributed by atoms with Crippen LogP contribution in [0.15, 0.2) is 79.4 Å². The van der Waals surface area contributed by atoms with E-state index in [1.165, 1.54) is 31.7 Å². The average molecular weight is 538 g/mol. The minimum atomic E-state index is -0.260. The van der Waals surface area contributed by atoms with Crippen LogP contribution in [0.25, 0.3) is 49.7 Å². The molecule has 39 heavy (non-hydrogen) atoms. The van der Waals surface area contributed by atoms with E-state index in [-0.39, 0.29) is 5.13 Å². The SMILES string of the molecule is C=C/C(=C\C(=C/C)c1cnc2n[nH]c(-c3nc4c(-c5ccc(F)s5)nccc4[nH]3)c2c1)NC(=C)C1CCCC1. The van der Waals surface area contributed by atoms with Gasteiger partial charge in [0.25, 0.3) is 0 Å². The highest BCUT2D eigenvalue weighted by Crippen LogP contribution is 2.34. The molecule has 5 aromatic heterocycles. The second-order valence-electron chi connectivity index (χ2n) is 9.62. The lowest BCUT2D eigenvalue weighted by molar-refractivity contribution is 0.607. The van der Waals surface area contributed by atoms with Gasteiger partial charge in [-0.3, -0.25) is 10.1 Å². The van der Waals surface area contributed by atoms with Crippen LogP contribution < -0.4 is 5.32 Å². The molecule has 0 aromatic carbocycles. The molecule has 5 heterocycles. The number of pyridine rings is 2. The number of nitrogens with one attached hydrogen (secondary N) is 3. The zero-order valence-electron chi connectivity index (χ0n) is 21.6. The standard InChI is InChI=1S/C30H28FN7S/c1-4-18(14-21(5-2)34-17(3)19-8-6-7-9-19)20-15-22-26(37-38-29(22)33-16-20)30-35-23-12-13-32-28(27(23)36-30)24-10-11-25(31)39-24/h4-5,10-16,19,34H,2-3,6-9H2,1H3,(H,35,36)(H,33,37,38)/b18-4+,21-14+. The van der Waals surface area contributed by atoms with E-state index >= 15 is 0 Å². The van der Waals surface area contributed by atoms with Gasteiger partial charge in [-0.15, -0.1) is 11.3 Å². The van der Waals surface area contributed by atoms with Gasteiger partial charge >= 0.3 is 0 Å². The third kappa shape index (κ3) is 4.81. The van der Waals surface area contributed by atoms with Crippen LogP contribution in [0.2, 0.25) is 0 Å². The fourth-order valence-corrected chi connectivity index (χ4v) is 5.85. The monoisotopic (exact) mass is 537 g/mol. The summed E-state index contributed by atoms with van der Waals surface area (Å²) in [5.74, 6) is 1.11. The molecule has 1 saturated carbocycles. The Balaban J connectivity index is 1.35. The molecule has 0 spiro atoms. The van der Waals surface area contributed by atoms with Crippen molar-refractivity contribution in [3.8, 4) is 22.1 Å². The number of hydrogen-bond acceptors (Lipinski definition) is 6. The van der Waals surface area contributed by atoms with Gasteiger partial charge in [-0.05, 0) is 67.7 Å². The van der Waals surface area contributed by atoms with E-state index in [2.05, 4.69) is 55.8 Å². The highest BCUT2D eigenvalue weighted by atomic mass is 32.1. The maximum atomic E-state index is 13.7. The molecule has 3 N–H and O–H groups in total. The topological polar surface area (TPSA) is 95.2 Å². The van der Waals surface area contributed by atoms with E-state index in [4.69, 9.17) is 4.98 Å². The first-order valence-corrected chi connectivity index (χ1v) is 13.8. The van der Waals surface area contributed by atoms with Crippen molar-refractivity contribution in [2.45, 2.75) is 32.6 Å². The summed E-state index contributed by atoms with van der Waals surface area (Å²) in [6.07, 6.45) is 14.3. The Kier molecular flexibility index (Phi) is 6.66. The zero-order chi connectivity index (χ0) is 26.9. The van der Waals surface area contributed by atoms with Gasteiger partial charge < -0.3 is 10.3 Å². The van der Waals surface area contributed by atoms with Gasteiger partial charge in [-0.1, -0.05) is 32.1 Å². The smallest absolute Gasteiger partial charge is 0.181 e. The van der Waals surface area contributed by atoms with E-state index in [9.17, 15) is 4.39 Å². The number of rotatable bonds is 8. The molecule has 0 saturated heterocycles. The van der Waals surface area contributed by atoms with Crippen molar-refractivity contribution in [3.63, 3.8) is 0 Å². The van der Waals surface area contributed by atoms with Gasteiger partial charge in [0.2, 0.25) is 0 Å². The highest BCUT2D eigenvalue weighted by Gasteiger charge is 2.19. The van der Waals surface area contributed by atoms with E-state index in [1.807, 2.05) is 31.3 Å². The van der Waals surface area contributed by atoms with Gasteiger partial charge in [0.05, 0.1) is 15.8 Å². The van der Waals surface area contributed by atoms with E-state index < -0.39 is 0 Å². The van der Waals surface area contributed by atoms with Crippen LogP contribution >= 0.6 is 11.3 Å². The minimum Gasteiger partial charge on any atom is -0.359 e. The quantitative estimate of drug-likeness (QED) is 0.178. The fourth-order valence-electron chi connectivity index (χ4n) is 5.12. The first kappa shape index (κ1) is 24.9. The maximum Gasteiger partial charge on any atom is 0.181 e. The van der Waals surface area contributed by atoms with Crippen LogP contribution in [-0.4, -0.2) is 30.1 Å². The Labute approximate surface area is 229 Å². The van der Waals surface area contributed by atoms with Crippen molar-refractivity contribution in [2.75, 3.05) is 0 Å². The Morgan fingerprint density at radius 2 is 2.05 bits per heavy atom. The van der Waals surface area contributed by atoms with Crippen LogP contribution in [0.5, 0.6) is 0 Å². The Bertz CT molecular complexity index is 1760. The van der Waals surface area contributed by atoms with Crippen LogP contribution in [0.3, 0.4) is 0 Å². The molecule has 0 atom stereocenters. The fraction of sp³-hybridized carbons (Fsp3) is 0.200. The van der Waals surface area contributed by atoms with Gasteiger partial charge in [-0.25, -0.2) is 9.97 Å². The molecule has 0 bridgehead atoms. The Hall–Kier alpha value is -4.37. The first-order valence-electron chi connectivity index (χ1n) is 13.0. The molecule has 1 aliphatic carbocycles. The third-order valence-corrected chi connectivity index (χ3v) is 8.06. The number of thiophene rings is 1. The molecule has 196 valence electrons. The Morgan fingerprint density at radius 3 is 2.79 bits per heavy atom. The number of imidazole rings is 1. The highest BCUT2D eigenvalue weighted by molar-refractivity contribution is 7.13. The summed E-state index contributed by atoms with van der Waals surface area (Å²) in [5, 5.41) is 11.5. The molecule has 5 aromatic rings. The number of aromatic nitrogens is 6. The number of H-pyrrole nitrogens is 2. The maximum absolute atomic E-state index is 13.7. The van der Waals surface area contributed by atoms with E-state index in [0.717, 1.165) is 55.3 Å². The second-order valence-corrected chi connectivity index (χ2v) is 10.7. The van der Waals surface area contributed by atoms with Crippen LogP contribution in [0.1, 0.15) is 38.2 Å². The summed E-state index contributed by atoms with van der Waals surface area (Å²) in [7, 11) is 0. The van der Waals surface area contributed by atoms with Crippen LogP contribution in [-0.2, 0) is 0 Å². The molecule has 9 heteroatoms. The summed E-state index contributed by atoms with van der Waals surface area (Å²) in [4.78, 5) is 18.0. The van der Waals surface area contributed by atoms with Crippen molar-refractivity contribution in [1.29, 1.82) is 0 Å². The van der Waals surface area contributed by atoms with Crippen molar-refractivity contribution >= 4 is 39.0 Å². The van der Waals surface area contributed by atoms with Crippen molar-refractivity contribution in [2.24, 2.45) is 5.92 Å². The number of halogens is 1. The van der Waals surface area contributed by atoms with Gasteiger partial charge in [0.15, 0.2) is 16.6 Å². The molecule has 1 aliphatic rings. The molecule has 0 aliphatic heterocycles. The molecular weight excluding hydrogens is 509 g/mol. The molecule has 0 unspecified atom stereocenters. The molecule has 6 rings (SSSR count). The number of hydrogen-bond donors (Lipinski definition) is 3. The molecule has 7 nitrogen and oxygen atoms in total. The molecule has 1 fully saturated rings. The first-order chi connectivity index (χ1) is 19.0. The Morgan fingerprint density at radius 1 is 1.21 bits per heavy atom. The van der Waals surface area contributed by atoms with Crippen LogP contribution in [0.4, 0.5) is 4.39 Å². The predicted octanol–water partition coefficient (Wildman–Crippen LogP) is 7.53. The number of allylic oxidation sites excluding steroid dienone is 5. The third-order valence-electron chi connectivity index (χ3n) is 7.18. The van der Waals surface area contributed by atoms with Crippen molar-refractivity contribution in [3.05, 3.63) is 90.1 Å². The van der Waals surface area contributed by atoms with Crippen molar-refractivity contribution < 1.29 is 4.39 Å². The minimum absolute atomic E-state index is 0.260. The number of fused-ring (bicyclic) bond motifs is 2. The number of aromatic amines is 2. The van der Waals surface area contributed by atoms with Gasteiger partial charge in [0.1, 0.15) is 16.9 Å². The van der Waals surface area contributed by atoms with E-state index in [1.54, 1.807) is 12.3 Å². The van der Waals surface area contributed by atoms with Gasteiger partial charge in [0, 0.05) is 29.4 Å². The zero-order valence-corrected chi connectivity index (χ0v) is 22.4. The lowest BCUT2D eigenvalue weighted by Gasteiger charge is -2.16. The van der Waals surface area contributed by atoms with Crippen LogP contribution in [0, 0.1) is 11.0 Å². The lowest BCUT2D eigenvalue weighted by atomic mass is 10.0. The average Bonchev–Trinajstić information content (AvgIpc) is 3.76. The summed E-state index contributed by atoms with van der Waals surface area (Å²) in [6.45, 7) is 10.3. The second kappa shape index (κ2) is 10.4. The summed E-state index contributed by atoms with van der Waals surface area (Å²) in [6, 6.07) is 7.07. The summed E-state index contributed by atoms with van der Waals surface area (Å²) < 4.78 is 13.7. The molecular formula is C30H28FN7S. The summed E-state index contributed by atoms with van der Waals surface area (Å²) in [5.41, 5.74) is 7.29. The summed E-state index contributed by atoms with van der Waals surface area (Å²) >= 11 is 1.05. The lowest BCUT2D eigenvalue weighted by Crippen LogP contribution is -2.16. The predicted molar refractivity (Wildman–Crippen MR) is 156 cm³/mol. The van der Waals surface area contributed by atoms with Gasteiger partial charge in [-0.2, -0.15) is 9.49 Å². The van der Waals surface area contributed by atoms with Crippen molar-refractivity contribution in [1.82, 2.24) is 35.5 Å². The molecule has 0 radical (unpaired) electrons. The van der Waals surface area contributed by atoms with E-state index in [0.29, 0.717) is 28.6 Å². The molecule has 0 amide bonds.